The Morgan fingerprint density at radius 3 is 2.77 bits per heavy atom. The number of benzene rings is 1. The number of likely N-dealkylation sites (tertiary alicyclic amines) is 1. The molecule has 0 saturated carbocycles. The molecule has 1 aliphatic heterocycles. The van der Waals surface area contributed by atoms with Gasteiger partial charge in [-0.3, -0.25) is 4.79 Å². The molecule has 2 atom stereocenters. The fourth-order valence-electron chi connectivity index (χ4n) is 3.06. The van der Waals surface area contributed by atoms with Crippen molar-refractivity contribution < 1.29 is 4.79 Å². The van der Waals surface area contributed by atoms with Crippen molar-refractivity contribution in [3.63, 3.8) is 0 Å². The molecule has 2 rings (SSSR count). The summed E-state index contributed by atoms with van der Waals surface area (Å²) in [5.41, 5.74) is 9.77. The van der Waals surface area contributed by atoms with Crippen molar-refractivity contribution >= 4 is 18.3 Å². The number of allylic oxidation sites excluding steroid dienone is 1. The van der Waals surface area contributed by atoms with Crippen LogP contribution in [-0.4, -0.2) is 23.4 Å². The topological polar surface area (TPSA) is 46.3 Å². The first-order chi connectivity index (χ1) is 10.0. The number of rotatable bonds is 5. The second kappa shape index (κ2) is 8.35. The first kappa shape index (κ1) is 18.7. The Morgan fingerprint density at radius 2 is 2.14 bits per heavy atom. The van der Waals surface area contributed by atoms with Crippen LogP contribution in [0, 0.1) is 19.8 Å². The number of hydrogen-bond donors (Lipinski definition) is 1. The van der Waals surface area contributed by atoms with E-state index in [1.165, 1.54) is 16.7 Å². The average molecular weight is 323 g/mol. The minimum Gasteiger partial charge on any atom is -0.338 e. The van der Waals surface area contributed by atoms with Gasteiger partial charge in [0.25, 0.3) is 0 Å². The highest BCUT2D eigenvalue weighted by Crippen LogP contribution is 2.25. The van der Waals surface area contributed by atoms with Gasteiger partial charge in [-0.05, 0) is 44.7 Å². The Bertz CT molecular complexity index is 542. The van der Waals surface area contributed by atoms with Crippen LogP contribution in [0.2, 0.25) is 0 Å². The monoisotopic (exact) mass is 322 g/mol. The molecular formula is C18H27ClN2O. The van der Waals surface area contributed by atoms with E-state index in [9.17, 15) is 4.79 Å². The Kier molecular flexibility index (Phi) is 7.11. The number of nitrogens with zero attached hydrogens (tertiary/aromatic N) is 1. The predicted molar refractivity (Wildman–Crippen MR) is 94.1 cm³/mol. The summed E-state index contributed by atoms with van der Waals surface area (Å²) in [5, 5.41) is 0. The highest BCUT2D eigenvalue weighted by atomic mass is 35.5. The second-order valence-electron chi connectivity index (χ2n) is 6.10. The van der Waals surface area contributed by atoms with Crippen molar-refractivity contribution in [2.75, 3.05) is 6.54 Å². The summed E-state index contributed by atoms with van der Waals surface area (Å²) in [6.07, 6.45) is 5.61. The third-order valence-electron chi connectivity index (χ3n) is 4.26. The maximum absolute atomic E-state index is 12.5. The molecule has 1 amide bonds. The average Bonchev–Trinajstić information content (AvgIpc) is 2.75. The highest BCUT2D eigenvalue weighted by molar-refractivity contribution is 5.85. The molecule has 1 saturated heterocycles. The summed E-state index contributed by atoms with van der Waals surface area (Å²) >= 11 is 0. The second-order valence-corrected chi connectivity index (χ2v) is 6.10. The molecule has 1 fully saturated rings. The van der Waals surface area contributed by atoms with Gasteiger partial charge in [-0.15, -0.1) is 12.4 Å². The van der Waals surface area contributed by atoms with Crippen molar-refractivity contribution in [2.45, 2.75) is 46.2 Å². The lowest BCUT2D eigenvalue weighted by Crippen LogP contribution is -2.30. The highest BCUT2D eigenvalue weighted by Gasteiger charge is 2.32. The van der Waals surface area contributed by atoms with E-state index < -0.39 is 0 Å². The van der Waals surface area contributed by atoms with Crippen molar-refractivity contribution in [1.29, 1.82) is 0 Å². The number of amides is 1. The predicted octanol–water partition coefficient (Wildman–Crippen LogP) is 3.37. The van der Waals surface area contributed by atoms with Gasteiger partial charge < -0.3 is 10.6 Å². The molecule has 22 heavy (non-hydrogen) atoms. The van der Waals surface area contributed by atoms with Gasteiger partial charge in [-0.1, -0.05) is 35.9 Å². The van der Waals surface area contributed by atoms with Crippen LogP contribution in [0.25, 0.3) is 0 Å². The number of nitrogens with two attached hydrogens (primary N) is 1. The van der Waals surface area contributed by atoms with Crippen LogP contribution in [-0.2, 0) is 11.3 Å². The van der Waals surface area contributed by atoms with Crippen LogP contribution in [0.1, 0.15) is 36.5 Å². The lowest BCUT2D eigenvalue weighted by atomic mass is 9.98. The van der Waals surface area contributed by atoms with Gasteiger partial charge >= 0.3 is 0 Å². The van der Waals surface area contributed by atoms with E-state index in [0.29, 0.717) is 0 Å². The van der Waals surface area contributed by atoms with Crippen molar-refractivity contribution in [2.24, 2.45) is 11.7 Å². The third-order valence-corrected chi connectivity index (χ3v) is 4.26. The number of halogens is 1. The molecule has 1 heterocycles. The van der Waals surface area contributed by atoms with E-state index in [1.54, 1.807) is 0 Å². The summed E-state index contributed by atoms with van der Waals surface area (Å²) in [7, 11) is 0. The Hall–Kier alpha value is -1.32. The molecule has 4 heteroatoms. The molecule has 1 aromatic carbocycles. The molecule has 0 radical (unpaired) electrons. The Morgan fingerprint density at radius 1 is 1.41 bits per heavy atom. The minimum absolute atomic E-state index is 0. The van der Waals surface area contributed by atoms with Gasteiger partial charge in [0.05, 0.1) is 0 Å². The van der Waals surface area contributed by atoms with E-state index in [2.05, 4.69) is 32.0 Å². The lowest BCUT2D eigenvalue weighted by Gasteiger charge is -2.19. The van der Waals surface area contributed by atoms with Crippen LogP contribution < -0.4 is 5.73 Å². The van der Waals surface area contributed by atoms with E-state index in [1.807, 2.05) is 24.0 Å². The maximum Gasteiger partial charge on any atom is 0.226 e. The standard InChI is InChI=1S/C18H26N2O.ClH/c1-4-5-17(19)11-15-8-9-20(18(15)21)12-16-7-6-13(2)10-14(16)3;/h4-7,10,15,17H,8-9,11-12,19H2,1-3H3;1H/b5-4+;. The SMILES string of the molecule is C/C=C/C(N)CC1CCN(Cc2ccc(C)cc2C)C1=O.Cl. The summed E-state index contributed by atoms with van der Waals surface area (Å²) < 4.78 is 0. The normalized spacial score (nSPS) is 19.5. The molecule has 0 bridgehead atoms. The molecule has 0 spiro atoms. The zero-order chi connectivity index (χ0) is 15.4. The van der Waals surface area contributed by atoms with E-state index in [4.69, 9.17) is 5.73 Å². The minimum atomic E-state index is -0.00925. The molecule has 1 aliphatic rings. The summed E-state index contributed by atoms with van der Waals surface area (Å²) in [6, 6.07) is 6.42. The van der Waals surface area contributed by atoms with Gasteiger partial charge in [0.2, 0.25) is 5.91 Å². The smallest absolute Gasteiger partial charge is 0.226 e. The lowest BCUT2D eigenvalue weighted by molar-refractivity contribution is -0.131. The third kappa shape index (κ3) is 4.59. The fourth-order valence-corrected chi connectivity index (χ4v) is 3.06. The number of hydrogen-bond acceptors (Lipinski definition) is 2. The largest absolute Gasteiger partial charge is 0.338 e. The van der Waals surface area contributed by atoms with Crippen LogP contribution in [0.15, 0.2) is 30.4 Å². The van der Waals surface area contributed by atoms with Crippen LogP contribution in [0.3, 0.4) is 0 Å². The number of aryl methyl sites for hydroxylation is 2. The molecule has 1 aromatic rings. The molecule has 0 aromatic heterocycles. The van der Waals surface area contributed by atoms with Crippen molar-refractivity contribution in [3.05, 3.63) is 47.0 Å². The van der Waals surface area contributed by atoms with Crippen LogP contribution >= 0.6 is 12.4 Å². The van der Waals surface area contributed by atoms with E-state index in [0.717, 1.165) is 25.9 Å². The first-order valence-corrected chi connectivity index (χ1v) is 7.74. The fraction of sp³-hybridized carbons (Fsp3) is 0.500. The van der Waals surface area contributed by atoms with Crippen molar-refractivity contribution in [1.82, 2.24) is 4.90 Å². The van der Waals surface area contributed by atoms with Gasteiger partial charge in [0.1, 0.15) is 0 Å². The zero-order valence-corrected chi connectivity index (χ0v) is 14.5. The molecule has 2 unspecified atom stereocenters. The Labute approximate surface area is 140 Å². The van der Waals surface area contributed by atoms with Gasteiger partial charge in [-0.25, -0.2) is 0 Å². The van der Waals surface area contributed by atoms with E-state index in [-0.39, 0.29) is 30.3 Å². The first-order valence-electron chi connectivity index (χ1n) is 7.74. The quantitative estimate of drug-likeness (QED) is 0.845. The summed E-state index contributed by atoms with van der Waals surface area (Å²) in [6.45, 7) is 7.74. The molecule has 0 aliphatic carbocycles. The number of carbonyl (C=O) groups is 1. The van der Waals surface area contributed by atoms with Crippen LogP contribution in [0.5, 0.6) is 0 Å². The summed E-state index contributed by atoms with van der Waals surface area (Å²) in [5.74, 6) is 0.344. The zero-order valence-electron chi connectivity index (χ0n) is 13.7. The molecular weight excluding hydrogens is 296 g/mol. The molecule has 3 nitrogen and oxygen atoms in total. The van der Waals surface area contributed by atoms with Gasteiger partial charge in [0.15, 0.2) is 0 Å². The van der Waals surface area contributed by atoms with Gasteiger partial charge in [-0.2, -0.15) is 0 Å². The molecule has 122 valence electrons. The van der Waals surface area contributed by atoms with E-state index >= 15 is 0 Å². The Balaban J connectivity index is 0.00000242. The van der Waals surface area contributed by atoms with Gasteiger partial charge in [0, 0.05) is 25.0 Å². The maximum atomic E-state index is 12.5. The van der Waals surface area contributed by atoms with Crippen LogP contribution in [0.4, 0.5) is 0 Å². The van der Waals surface area contributed by atoms with Crippen molar-refractivity contribution in [3.8, 4) is 0 Å². The summed E-state index contributed by atoms with van der Waals surface area (Å²) in [4.78, 5) is 14.5. The number of carbonyl (C=O) groups excluding carboxylic acids is 1. The molecule has 2 N–H and O–H groups in total.